The fourth-order valence-electron chi connectivity index (χ4n) is 4.98. The van der Waals surface area contributed by atoms with Crippen LogP contribution >= 0.6 is 0 Å². The number of amides is 1. The number of anilines is 3. The number of methoxy groups -OCH3 is 1. The molecule has 0 unspecified atom stereocenters. The maximum Gasteiger partial charge on any atom is 0.412 e. The molecule has 2 aliphatic heterocycles. The number of nitrogens with one attached hydrogen (secondary N) is 2. The molecule has 0 saturated carbocycles. The number of sulfonamides is 1. The van der Waals surface area contributed by atoms with Crippen LogP contribution in [0.15, 0.2) is 71.8 Å². The zero-order valence-electron chi connectivity index (χ0n) is 26.1. The lowest BCUT2D eigenvalue weighted by molar-refractivity contribution is 0.135. The fraction of sp³-hybridized carbons (Fsp3) is 0.312. The molecule has 1 fully saturated rings. The molecule has 15 nitrogen and oxygen atoms in total. The van der Waals surface area contributed by atoms with Gasteiger partial charge < -0.3 is 33.3 Å². The lowest BCUT2D eigenvalue weighted by atomic mass is 10.2. The van der Waals surface area contributed by atoms with Gasteiger partial charge in [-0.1, -0.05) is 31.0 Å². The van der Waals surface area contributed by atoms with Crippen LogP contribution in [-0.2, 0) is 14.8 Å². The van der Waals surface area contributed by atoms with Crippen LogP contribution in [0.1, 0.15) is 25.7 Å². The standard InChI is InChI=1S/C32H34N6O9S/c1-42-23-10-4-5-11-25(23)47-28-29(37-48(40,41)22-13-14-24-26(20-22)46-21-45-24)35-31(38-16-8-2-3-9-17-38)36-30(28)43-18-19-44-32(39)34-27-12-6-7-15-33-27/h4-7,10-15,20H,2-3,8-9,16-19,21H2,1H3,(H,33,34,39)(H,35,36,37). The van der Waals surface area contributed by atoms with Gasteiger partial charge in [0.05, 0.1) is 12.0 Å². The van der Waals surface area contributed by atoms with Crippen molar-refractivity contribution in [3.63, 3.8) is 0 Å². The molecule has 2 aliphatic rings. The van der Waals surface area contributed by atoms with E-state index in [1.54, 1.807) is 42.5 Å². The van der Waals surface area contributed by atoms with E-state index in [1.165, 1.54) is 31.5 Å². The number of rotatable bonds is 12. The average Bonchev–Trinajstić information content (AvgIpc) is 3.40. The number of nitrogens with zero attached hydrogens (tertiary/aromatic N) is 4. The summed E-state index contributed by atoms with van der Waals surface area (Å²) in [5.41, 5.74) is 0. The third-order valence-electron chi connectivity index (χ3n) is 7.33. The van der Waals surface area contributed by atoms with Gasteiger partial charge in [0.15, 0.2) is 28.8 Å². The monoisotopic (exact) mass is 678 g/mol. The summed E-state index contributed by atoms with van der Waals surface area (Å²) in [4.78, 5) is 27.6. The molecular weight excluding hydrogens is 644 g/mol. The van der Waals surface area contributed by atoms with E-state index < -0.39 is 16.1 Å². The number of aromatic nitrogens is 3. The average molecular weight is 679 g/mol. The Morgan fingerprint density at radius 3 is 2.46 bits per heavy atom. The Labute approximate surface area is 277 Å². The van der Waals surface area contributed by atoms with Crippen molar-refractivity contribution in [1.29, 1.82) is 0 Å². The van der Waals surface area contributed by atoms with Crippen molar-refractivity contribution in [1.82, 2.24) is 15.0 Å². The molecule has 6 rings (SSSR count). The topological polar surface area (TPSA) is 173 Å². The van der Waals surface area contributed by atoms with Crippen molar-refractivity contribution < 1.29 is 41.6 Å². The van der Waals surface area contributed by atoms with E-state index in [0.29, 0.717) is 36.2 Å². The molecular formula is C32H34N6O9S. The third-order valence-corrected chi connectivity index (χ3v) is 8.66. The largest absolute Gasteiger partial charge is 0.493 e. The maximum atomic E-state index is 13.8. The summed E-state index contributed by atoms with van der Waals surface area (Å²) in [6.07, 6.45) is 4.74. The Bertz CT molecular complexity index is 1840. The van der Waals surface area contributed by atoms with Crippen molar-refractivity contribution in [3.05, 3.63) is 66.9 Å². The fourth-order valence-corrected chi connectivity index (χ4v) is 6.00. The summed E-state index contributed by atoms with van der Waals surface area (Å²) in [5, 5.41) is 2.53. The van der Waals surface area contributed by atoms with Gasteiger partial charge in [0.1, 0.15) is 19.0 Å². The molecule has 16 heteroatoms. The van der Waals surface area contributed by atoms with Crippen LogP contribution in [0.25, 0.3) is 0 Å². The molecule has 4 aromatic rings. The zero-order valence-corrected chi connectivity index (χ0v) is 26.9. The second-order valence-electron chi connectivity index (χ2n) is 10.6. The molecule has 0 spiro atoms. The third kappa shape index (κ3) is 7.88. The molecule has 252 valence electrons. The molecule has 0 radical (unpaired) electrons. The minimum atomic E-state index is -4.25. The lowest BCUT2D eigenvalue weighted by Crippen LogP contribution is -2.27. The maximum absolute atomic E-state index is 13.8. The highest BCUT2D eigenvalue weighted by Gasteiger charge is 2.28. The highest BCUT2D eigenvalue weighted by Crippen LogP contribution is 2.42. The van der Waals surface area contributed by atoms with Gasteiger partial charge in [-0.25, -0.2) is 18.2 Å². The van der Waals surface area contributed by atoms with Crippen LogP contribution in [0.2, 0.25) is 0 Å². The molecule has 0 atom stereocenters. The lowest BCUT2D eigenvalue weighted by Gasteiger charge is -2.23. The number of fused-ring (bicyclic) bond motifs is 1. The minimum Gasteiger partial charge on any atom is -0.493 e. The van der Waals surface area contributed by atoms with Crippen molar-refractivity contribution in [2.75, 3.05) is 55.1 Å². The highest BCUT2D eigenvalue weighted by atomic mass is 32.2. The Hall–Kier alpha value is -5.51. The predicted octanol–water partition coefficient (Wildman–Crippen LogP) is 5.21. The second kappa shape index (κ2) is 14.9. The van der Waals surface area contributed by atoms with Gasteiger partial charge >= 0.3 is 6.09 Å². The van der Waals surface area contributed by atoms with E-state index >= 15 is 0 Å². The summed E-state index contributed by atoms with van der Waals surface area (Å²) in [6.45, 7) is 0.995. The van der Waals surface area contributed by atoms with Gasteiger partial charge in [-0.15, -0.1) is 0 Å². The molecule has 48 heavy (non-hydrogen) atoms. The van der Waals surface area contributed by atoms with E-state index in [9.17, 15) is 13.2 Å². The first-order chi connectivity index (χ1) is 23.4. The van der Waals surface area contributed by atoms with Gasteiger partial charge in [-0.2, -0.15) is 9.97 Å². The van der Waals surface area contributed by atoms with Crippen molar-refractivity contribution in [2.45, 2.75) is 30.6 Å². The molecule has 2 aromatic heterocycles. The molecule has 2 N–H and O–H groups in total. The first kappa shape index (κ1) is 32.4. The smallest absolute Gasteiger partial charge is 0.412 e. The van der Waals surface area contributed by atoms with E-state index in [2.05, 4.69) is 25.0 Å². The highest BCUT2D eigenvalue weighted by molar-refractivity contribution is 7.92. The Morgan fingerprint density at radius 2 is 1.69 bits per heavy atom. The second-order valence-corrected chi connectivity index (χ2v) is 12.3. The van der Waals surface area contributed by atoms with Crippen LogP contribution < -0.4 is 38.6 Å². The molecule has 0 aliphatic carbocycles. The number of hydrogen-bond donors (Lipinski definition) is 2. The molecule has 1 saturated heterocycles. The quantitative estimate of drug-likeness (QED) is 0.187. The first-order valence-corrected chi connectivity index (χ1v) is 16.8. The number of carbonyl (C=O) groups excluding carboxylic acids is 1. The van der Waals surface area contributed by atoms with E-state index in [0.717, 1.165) is 25.7 Å². The number of hydrogen-bond acceptors (Lipinski definition) is 13. The first-order valence-electron chi connectivity index (χ1n) is 15.3. The van der Waals surface area contributed by atoms with Crippen LogP contribution in [0.4, 0.5) is 22.4 Å². The van der Waals surface area contributed by atoms with E-state index in [4.69, 9.17) is 28.4 Å². The normalized spacial score (nSPS) is 14.1. The number of pyridine rings is 1. The van der Waals surface area contributed by atoms with Crippen LogP contribution in [0, 0.1) is 0 Å². The molecule has 1 amide bonds. The van der Waals surface area contributed by atoms with Crippen LogP contribution in [-0.4, -0.2) is 69.7 Å². The Morgan fingerprint density at radius 1 is 0.917 bits per heavy atom. The number of para-hydroxylation sites is 2. The molecule has 0 bridgehead atoms. The Kier molecular flexibility index (Phi) is 10.1. The summed E-state index contributed by atoms with van der Waals surface area (Å²) in [7, 11) is -2.77. The van der Waals surface area contributed by atoms with Gasteiger partial charge in [0, 0.05) is 25.4 Å². The Balaban J connectivity index is 1.33. The number of ether oxygens (including phenoxy) is 6. The van der Waals surface area contributed by atoms with Gasteiger partial charge in [0.25, 0.3) is 15.9 Å². The van der Waals surface area contributed by atoms with Crippen molar-refractivity contribution in [3.8, 4) is 34.6 Å². The zero-order chi connectivity index (χ0) is 33.3. The summed E-state index contributed by atoms with van der Waals surface area (Å²) < 4.78 is 63.9. The van der Waals surface area contributed by atoms with Gasteiger partial charge in [-0.3, -0.25) is 10.0 Å². The summed E-state index contributed by atoms with van der Waals surface area (Å²) in [6, 6.07) is 16.2. The van der Waals surface area contributed by atoms with Crippen LogP contribution in [0.5, 0.6) is 34.6 Å². The summed E-state index contributed by atoms with van der Waals surface area (Å²) >= 11 is 0. The summed E-state index contributed by atoms with van der Waals surface area (Å²) in [5.74, 6) is 1.57. The predicted molar refractivity (Wildman–Crippen MR) is 174 cm³/mol. The van der Waals surface area contributed by atoms with Crippen molar-refractivity contribution >= 4 is 33.7 Å². The number of carbonyl (C=O) groups is 1. The van der Waals surface area contributed by atoms with Gasteiger partial charge in [-0.05, 0) is 49.2 Å². The minimum absolute atomic E-state index is 0.0104. The van der Waals surface area contributed by atoms with Gasteiger partial charge in [0.2, 0.25) is 18.5 Å². The van der Waals surface area contributed by atoms with E-state index in [1.807, 2.05) is 4.90 Å². The molecule has 4 heterocycles. The number of benzene rings is 2. The van der Waals surface area contributed by atoms with Crippen molar-refractivity contribution in [2.24, 2.45) is 0 Å². The van der Waals surface area contributed by atoms with E-state index in [-0.39, 0.29) is 54.0 Å². The molecule has 2 aromatic carbocycles. The van der Waals surface area contributed by atoms with Crippen LogP contribution in [0.3, 0.4) is 0 Å². The SMILES string of the molecule is COc1ccccc1Oc1c(NS(=O)(=O)c2ccc3c(c2)OCO3)nc(N2CCCCCC2)nc1OCCOC(=O)Nc1ccccn1.